The summed E-state index contributed by atoms with van der Waals surface area (Å²) in [7, 11) is 0. The van der Waals surface area contributed by atoms with Crippen molar-refractivity contribution in [1.29, 1.82) is 0 Å². The summed E-state index contributed by atoms with van der Waals surface area (Å²) in [5.41, 5.74) is 0. The molecule has 1 fully saturated rings. The van der Waals surface area contributed by atoms with Gasteiger partial charge in [0.15, 0.2) is 0 Å². The molecule has 1 atom stereocenters. The molecule has 1 heterocycles. The molecule has 1 saturated heterocycles. The van der Waals surface area contributed by atoms with Crippen molar-refractivity contribution in [3.8, 4) is 0 Å². The minimum absolute atomic E-state index is 0.0821. The van der Waals surface area contributed by atoms with E-state index in [2.05, 4.69) is 22.5 Å². The van der Waals surface area contributed by atoms with Crippen LogP contribution in [0.1, 0.15) is 13.8 Å². The average Bonchev–Trinajstić information content (AvgIpc) is 2.30. The third kappa shape index (κ3) is 4.08. The molecule has 0 aromatic rings. The summed E-state index contributed by atoms with van der Waals surface area (Å²) >= 11 is 0. The van der Waals surface area contributed by atoms with Gasteiger partial charge in [-0.3, -0.25) is 9.69 Å². The SMILES string of the molecule is CCNCCN1CCOCC1C(=O)NCC. The van der Waals surface area contributed by atoms with Gasteiger partial charge >= 0.3 is 0 Å². The number of carbonyl (C=O) groups excluding carboxylic acids is 1. The summed E-state index contributed by atoms with van der Waals surface area (Å²) in [5.74, 6) is 0.0821. The molecule has 0 saturated carbocycles. The summed E-state index contributed by atoms with van der Waals surface area (Å²) in [5, 5.41) is 6.13. The van der Waals surface area contributed by atoms with Gasteiger partial charge in [0.1, 0.15) is 6.04 Å². The lowest BCUT2D eigenvalue weighted by molar-refractivity contribution is -0.132. The number of hydrogen-bond donors (Lipinski definition) is 2. The van der Waals surface area contributed by atoms with Gasteiger partial charge in [0.2, 0.25) is 5.91 Å². The number of morpholine rings is 1. The maximum absolute atomic E-state index is 11.8. The van der Waals surface area contributed by atoms with Gasteiger partial charge in [-0.05, 0) is 13.5 Å². The minimum Gasteiger partial charge on any atom is -0.378 e. The number of carbonyl (C=O) groups is 1. The van der Waals surface area contributed by atoms with Crippen LogP contribution in [-0.2, 0) is 9.53 Å². The minimum atomic E-state index is -0.118. The second-order valence-corrected chi connectivity index (χ2v) is 3.87. The first-order chi connectivity index (χ1) is 7.79. The molecule has 1 aliphatic heterocycles. The molecule has 0 radical (unpaired) electrons. The molecular formula is C11H23N3O2. The summed E-state index contributed by atoms with van der Waals surface area (Å²) < 4.78 is 5.36. The highest BCUT2D eigenvalue weighted by molar-refractivity contribution is 5.81. The molecule has 94 valence electrons. The van der Waals surface area contributed by atoms with Gasteiger partial charge < -0.3 is 15.4 Å². The van der Waals surface area contributed by atoms with E-state index in [1.165, 1.54) is 0 Å². The maximum atomic E-state index is 11.8. The summed E-state index contributed by atoms with van der Waals surface area (Å²) in [6.45, 7) is 9.57. The molecule has 0 aromatic heterocycles. The Labute approximate surface area is 97.5 Å². The Kier molecular flexibility index (Phi) is 6.37. The molecule has 1 amide bonds. The molecule has 2 N–H and O–H groups in total. The zero-order valence-electron chi connectivity index (χ0n) is 10.3. The second-order valence-electron chi connectivity index (χ2n) is 3.87. The number of amides is 1. The van der Waals surface area contributed by atoms with E-state index < -0.39 is 0 Å². The fourth-order valence-corrected chi connectivity index (χ4v) is 1.84. The van der Waals surface area contributed by atoms with Crippen molar-refractivity contribution in [2.24, 2.45) is 0 Å². The Bertz CT molecular complexity index is 211. The highest BCUT2D eigenvalue weighted by Gasteiger charge is 2.28. The van der Waals surface area contributed by atoms with Crippen LogP contribution in [0.2, 0.25) is 0 Å². The van der Waals surface area contributed by atoms with Crippen LogP contribution >= 0.6 is 0 Å². The Morgan fingerprint density at radius 2 is 2.25 bits per heavy atom. The monoisotopic (exact) mass is 229 g/mol. The topological polar surface area (TPSA) is 53.6 Å². The number of nitrogens with zero attached hydrogens (tertiary/aromatic N) is 1. The van der Waals surface area contributed by atoms with E-state index in [0.29, 0.717) is 13.2 Å². The van der Waals surface area contributed by atoms with Gasteiger partial charge in [-0.1, -0.05) is 6.92 Å². The normalized spacial score (nSPS) is 22.0. The van der Waals surface area contributed by atoms with Crippen LogP contribution in [-0.4, -0.2) is 62.8 Å². The first kappa shape index (κ1) is 13.4. The molecule has 5 nitrogen and oxygen atoms in total. The fourth-order valence-electron chi connectivity index (χ4n) is 1.84. The van der Waals surface area contributed by atoms with E-state index in [0.717, 1.165) is 32.8 Å². The Hall–Kier alpha value is -0.650. The number of likely N-dealkylation sites (N-methyl/N-ethyl adjacent to an activating group) is 2. The molecule has 16 heavy (non-hydrogen) atoms. The Morgan fingerprint density at radius 3 is 2.94 bits per heavy atom. The van der Waals surface area contributed by atoms with Crippen molar-refractivity contribution in [2.75, 3.05) is 45.9 Å². The molecular weight excluding hydrogens is 206 g/mol. The van der Waals surface area contributed by atoms with E-state index in [-0.39, 0.29) is 11.9 Å². The van der Waals surface area contributed by atoms with E-state index in [4.69, 9.17) is 4.74 Å². The predicted octanol–water partition coefficient (Wildman–Crippen LogP) is -0.567. The van der Waals surface area contributed by atoms with Gasteiger partial charge in [-0.2, -0.15) is 0 Å². The van der Waals surface area contributed by atoms with E-state index in [1.807, 2.05) is 6.92 Å². The quantitative estimate of drug-likeness (QED) is 0.599. The predicted molar refractivity (Wildman–Crippen MR) is 63.4 cm³/mol. The average molecular weight is 229 g/mol. The molecule has 0 aromatic carbocycles. The summed E-state index contributed by atoms with van der Waals surface area (Å²) in [6.07, 6.45) is 0. The van der Waals surface area contributed by atoms with Crippen LogP contribution in [0, 0.1) is 0 Å². The Morgan fingerprint density at radius 1 is 1.44 bits per heavy atom. The summed E-state index contributed by atoms with van der Waals surface area (Å²) in [6, 6.07) is -0.118. The van der Waals surface area contributed by atoms with Crippen molar-refractivity contribution >= 4 is 5.91 Å². The van der Waals surface area contributed by atoms with Crippen LogP contribution in [0.4, 0.5) is 0 Å². The zero-order valence-corrected chi connectivity index (χ0v) is 10.3. The molecule has 0 bridgehead atoms. The van der Waals surface area contributed by atoms with Crippen LogP contribution in [0.15, 0.2) is 0 Å². The lowest BCUT2D eigenvalue weighted by Crippen LogP contribution is -2.55. The van der Waals surface area contributed by atoms with Crippen molar-refractivity contribution in [3.05, 3.63) is 0 Å². The van der Waals surface area contributed by atoms with E-state index in [1.54, 1.807) is 0 Å². The number of rotatable bonds is 6. The maximum Gasteiger partial charge on any atom is 0.239 e. The molecule has 1 rings (SSSR count). The molecule has 5 heteroatoms. The lowest BCUT2D eigenvalue weighted by Gasteiger charge is -2.34. The third-order valence-corrected chi connectivity index (χ3v) is 2.72. The van der Waals surface area contributed by atoms with Gasteiger partial charge in [-0.15, -0.1) is 0 Å². The highest BCUT2D eigenvalue weighted by atomic mass is 16.5. The van der Waals surface area contributed by atoms with E-state index >= 15 is 0 Å². The van der Waals surface area contributed by atoms with Crippen LogP contribution < -0.4 is 10.6 Å². The van der Waals surface area contributed by atoms with Crippen molar-refractivity contribution in [2.45, 2.75) is 19.9 Å². The number of hydrogen-bond acceptors (Lipinski definition) is 4. The van der Waals surface area contributed by atoms with Gasteiger partial charge in [0, 0.05) is 26.2 Å². The van der Waals surface area contributed by atoms with Crippen LogP contribution in [0.5, 0.6) is 0 Å². The molecule has 0 spiro atoms. The van der Waals surface area contributed by atoms with Crippen molar-refractivity contribution in [3.63, 3.8) is 0 Å². The van der Waals surface area contributed by atoms with E-state index in [9.17, 15) is 4.79 Å². The Balaban J connectivity index is 2.40. The van der Waals surface area contributed by atoms with Crippen LogP contribution in [0.3, 0.4) is 0 Å². The fraction of sp³-hybridized carbons (Fsp3) is 0.909. The van der Waals surface area contributed by atoms with Crippen LogP contribution in [0.25, 0.3) is 0 Å². The molecule has 0 aliphatic carbocycles. The third-order valence-electron chi connectivity index (χ3n) is 2.72. The highest BCUT2D eigenvalue weighted by Crippen LogP contribution is 2.06. The molecule has 1 unspecified atom stereocenters. The standard InChI is InChI=1S/C11H23N3O2/c1-3-12-5-6-14-7-8-16-9-10(14)11(15)13-4-2/h10,12H,3-9H2,1-2H3,(H,13,15). The van der Waals surface area contributed by atoms with Crippen molar-refractivity contribution < 1.29 is 9.53 Å². The van der Waals surface area contributed by atoms with Gasteiger partial charge in [0.25, 0.3) is 0 Å². The molecule has 1 aliphatic rings. The second kappa shape index (κ2) is 7.60. The lowest BCUT2D eigenvalue weighted by atomic mass is 10.2. The zero-order chi connectivity index (χ0) is 11.8. The summed E-state index contributed by atoms with van der Waals surface area (Å²) in [4.78, 5) is 14.0. The first-order valence-corrected chi connectivity index (χ1v) is 6.09. The van der Waals surface area contributed by atoms with Gasteiger partial charge in [-0.25, -0.2) is 0 Å². The number of ether oxygens (including phenoxy) is 1. The smallest absolute Gasteiger partial charge is 0.239 e. The van der Waals surface area contributed by atoms with Gasteiger partial charge in [0.05, 0.1) is 13.2 Å². The van der Waals surface area contributed by atoms with Crippen molar-refractivity contribution in [1.82, 2.24) is 15.5 Å². The first-order valence-electron chi connectivity index (χ1n) is 6.09. The largest absolute Gasteiger partial charge is 0.378 e. The number of nitrogens with one attached hydrogen (secondary N) is 2.